The highest BCUT2D eigenvalue weighted by molar-refractivity contribution is 7.48. The first-order valence-electron chi connectivity index (χ1n) is 30.9. The Balaban J connectivity index is 1.29. The molecule has 6 aromatic carbocycles. The monoisotopic (exact) mass is 1280 g/mol. The number of allylic oxidation sites excluding steroid dienone is 1. The zero-order valence-electron chi connectivity index (χ0n) is 51.7. The van der Waals surface area contributed by atoms with Gasteiger partial charge < -0.3 is 47.7 Å². The van der Waals surface area contributed by atoms with Crippen LogP contribution in [0.4, 0.5) is 0 Å². The van der Waals surface area contributed by atoms with Crippen molar-refractivity contribution in [3.05, 3.63) is 228 Å². The van der Waals surface area contributed by atoms with Crippen molar-refractivity contribution in [2.45, 2.75) is 127 Å². The van der Waals surface area contributed by atoms with Gasteiger partial charge in [0, 0.05) is 0 Å². The molecular formula is C70H79NO20P+. The van der Waals surface area contributed by atoms with E-state index in [4.69, 9.17) is 56.3 Å². The quantitative estimate of drug-likeness (QED) is 0.00764. The summed E-state index contributed by atoms with van der Waals surface area (Å²) in [6.45, 7) is 8.19. The third-order valence-electron chi connectivity index (χ3n) is 15.6. The van der Waals surface area contributed by atoms with Crippen LogP contribution in [0.15, 0.2) is 195 Å². The van der Waals surface area contributed by atoms with E-state index in [1.54, 1.807) is 109 Å². The van der Waals surface area contributed by atoms with Crippen molar-refractivity contribution in [1.29, 1.82) is 0 Å². The van der Waals surface area contributed by atoms with Gasteiger partial charge in [0.15, 0.2) is 36.8 Å². The summed E-state index contributed by atoms with van der Waals surface area (Å²) in [5.41, 5.74) is 0.105. The number of quaternary nitrogens is 1. The van der Waals surface area contributed by atoms with E-state index in [-0.39, 0.29) is 64.3 Å². The lowest BCUT2D eigenvalue weighted by Crippen LogP contribution is -2.67. The van der Waals surface area contributed by atoms with Crippen molar-refractivity contribution in [1.82, 2.24) is 0 Å². The Morgan fingerprint density at radius 2 is 0.804 bits per heavy atom. The smallest absolute Gasteiger partial charge is 0.459 e. The van der Waals surface area contributed by atoms with Crippen molar-refractivity contribution in [3.63, 3.8) is 0 Å². The van der Waals surface area contributed by atoms with Crippen LogP contribution in [0.1, 0.15) is 128 Å². The van der Waals surface area contributed by atoms with Crippen LogP contribution in [0.2, 0.25) is 0 Å². The van der Waals surface area contributed by atoms with E-state index in [0.29, 0.717) is 12.8 Å². The molecule has 8 rings (SSSR count). The van der Waals surface area contributed by atoms with Crippen LogP contribution in [-0.4, -0.2) is 146 Å². The maximum atomic E-state index is 15.8. The van der Waals surface area contributed by atoms with Crippen LogP contribution in [-0.2, 0) is 60.9 Å². The first-order chi connectivity index (χ1) is 44.7. The number of aliphatic hydroxyl groups excluding tert-OH is 1. The van der Waals surface area contributed by atoms with Crippen molar-refractivity contribution in [2.75, 3.05) is 39.5 Å². The lowest BCUT2D eigenvalue weighted by molar-refractivity contribution is -1.08. The molecule has 0 amide bonds. The van der Waals surface area contributed by atoms with E-state index in [9.17, 15) is 33.9 Å². The number of unbranched alkanes of at least 4 members (excludes halogenated alkanes) is 6. The standard InChI is InChI=1S/C70H79NO20P/c1-5-9-10-11-12-13-14-33-46-81-92(79,91-71(6-2,7-3)8-4)90-70-62(88-68(78)54-44-31-20-32-45-54)60(86-66(76)52-40-27-18-28-41-52)58(56(83-70)48-80-63(73)49-34-21-15-22-35-49)89-69-61(87-67(77)53-42-29-19-30-43-53)59(85-65(75)51-38-25-17-26-39-51)57(55(47-72)82-69)84-64(74)50-36-23-16-24-37-50/h5,15-32,34-45,55-62,69-70,72H,1,6-14,33,46-48H2,2-4H3/q+1/t55-,56-,57+,58-,59+,60+,61-,62+,69+,70-,92?/m1/s1. The summed E-state index contributed by atoms with van der Waals surface area (Å²) in [6.07, 6.45) is -11.8. The number of phosphoric acid groups is 1. The molecule has 2 fully saturated rings. The summed E-state index contributed by atoms with van der Waals surface area (Å²) >= 11 is 0. The number of hydrogen-bond donors (Lipinski definition) is 1. The highest BCUT2D eigenvalue weighted by Crippen LogP contribution is 2.55. The molecule has 21 nitrogen and oxygen atoms in total. The summed E-state index contributed by atoms with van der Waals surface area (Å²) < 4.78 is 92.7. The Kier molecular flexibility index (Phi) is 26.5. The van der Waals surface area contributed by atoms with E-state index in [1.165, 1.54) is 72.8 Å². The molecule has 6 aromatic rings. The van der Waals surface area contributed by atoms with E-state index < -0.39 is 118 Å². The third kappa shape index (κ3) is 19.2. The molecule has 11 atom stereocenters. The average Bonchev–Trinajstić information content (AvgIpc) is 0.849. The average molecular weight is 1290 g/mol. The van der Waals surface area contributed by atoms with Crippen LogP contribution in [0.25, 0.3) is 0 Å². The Morgan fingerprint density at radius 3 is 1.21 bits per heavy atom. The van der Waals surface area contributed by atoms with Gasteiger partial charge in [-0.05, 0) is 113 Å². The van der Waals surface area contributed by atoms with Crippen LogP contribution < -0.4 is 0 Å². The van der Waals surface area contributed by atoms with E-state index >= 15 is 4.57 Å². The number of nitrogens with zero attached hydrogens (tertiary/aromatic N) is 1. The highest BCUT2D eigenvalue weighted by Gasteiger charge is 2.60. The molecular weight excluding hydrogens is 1210 g/mol. The molecule has 0 aliphatic carbocycles. The van der Waals surface area contributed by atoms with E-state index in [0.717, 1.165) is 32.1 Å². The maximum Gasteiger partial charge on any atom is 0.523 e. The minimum atomic E-state index is -4.97. The number of carbonyl (C=O) groups is 6. The fourth-order valence-corrected chi connectivity index (χ4v) is 12.1. The molecule has 488 valence electrons. The number of phosphoric ester groups is 1. The normalized spacial score (nSPS) is 21.9. The zero-order chi connectivity index (χ0) is 65.3. The number of aliphatic hydroxyl groups is 1. The summed E-state index contributed by atoms with van der Waals surface area (Å²) in [7, 11) is -4.97. The molecule has 0 spiro atoms. The Hall–Kier alpha value is -8.21. The van der Waals surface area contributed by atoms with Crippen molar-refractivity contribution in [2.24, 2.45) is 0 Å². The largest absolute Gasteiger partial charge is 0.523 e. The number of benzene rings is 6. The van der Waals surface area contributed by atoms with Gasteiger partial charge in [0.1, 0.15) is 44.6 Å². The van der Waals surface area contributed by atoms with Crippen LogP contribution in [0.3, 0.4) is 0 Å². The van der Waals surface area contributed by atoms with E-state index in [1.807, 2.05) is 26.8 Å². The molecule has 0 bridgehead atoms. The SMILES string of the molecule is C=CCCCCCCCCOP(=O)(O[C@H]1O[C@H](COC(=O)c2ccccc2)[C@@H](O[C@@H]2O[C@H](CO)[C@H](OC(=O)c3ccccc3)[C@H](OC(=O)c3ccccc3)[C@H]2OC(=O)c2ccccc2)[C@H](OC(=O)c2ccccc2)[C@@H]1OC(=O)c1ccccc1)O[N+](CC)(CC)CC. The lowest BCUT2D eigenvalue weighted by Gasteiger charge is -2.49. The fourth-order valence-electron chi connectivity index (χ4n) is 10.4. The third-order valence-corrected chi connectivity index (χ3v) is 17.1. The Labute approximate surface area is 535 Å². The van der Waals surface area contributed by atoms with Gasteiger partial charge in [0.05, 0.1) is 46.6 Å². The maximum absolute atomic E-state index is 15.8. The Morgan fingerprint density at radius 1 is 0.457 bits per heavy atom. The second kappa shape index (κ2) is 35.0. The van der Waals surface area contributed by atoms with Gasteiger partial charge in [-0.15, -0.1) is 6.58 Å². The summed E-state index contributed by atoms with van der Waals surface area (Å²) in [5.74, 6) is -5.96. The minimum absolute atomic E-state index is 0.00858. The first kappa shape index (κ1) is 69.7. The second-order valence-corrected chi connectivity index (χ2v) is 23.2. The first-order valence-corrected chi connectivity index (χ1v) is 32.4. The number of esters is 6. The number of hydroxylamine groups is 3. The summed E-state index contributed by atoms with van der Waals surface area (Å²) in [5, 5.41) is 11.4. The van der Waals surface area contributed by atoms with Crippen molar-refractivity contribution >= 4 is 43.6 Å². The number of carbonyl (C=O) groups excluding carboxylic acids is 6. The topological polar surface area (TPSA) is 250 Å². The van der Waals surface area contributed by atoms with Gasteiger partial charge in [-0.3, -0.25) is 4.52 Å². The molecule has 2 aliphatic heterocycles. The molecule has 1 N–H and O–H groups in total. The molecule has 2 aliphatic rings. The van der Waals surface area contributed by atoms with Gasteiger partial charge in [0.2, 0.25) is 6.29 Å². The highest BCUT2D eigenvalue weighted by atomic mass is 31.2. The fraction of sp³-hybridized carbons (Fsp3) is 0.371. The lowest BCUT2D eigenvalue weighted by atomic mass is 9.95. The van der Waals surface area contributed by atoms with Gasteiger partial charge in [0.25, 0.3) is 0 Å². The zero-order valence-corrected chi connectivity index (χ0v) is 52.6. The van der Waals surface area contributed by atoms with Crippen molar-refractivity contribution < 1.29 is 99.4 Å². The van der Waals surface area contributed by atoms with Crippen LogP contribution in [0, 0.1) is 0 Å². The molecule has 1 unspecified atom stereocenters. The number of hydrogen-bond acceptors (Lipinski definition) is 20. The molecule has 2 saturated heterocycles. The van der Waals surface area contributed by atoms with E-state index in [2.05, 4.69) is 6.58 Å². The predicted molar refractivity (Wildman–Crippen MR) is 334 cm³/mol. The number of rotatable bonds is 33. The number of ether oxygens (including phenoxy) is 9. The molecule has 2 heterocycles. The molecule has 92 heavy (non-hydrogen) atoms. The van der Waals surface area contributed by atoms with Gasteiger partial charge in [-0.1, -0.05) is 146 Å². The molecule has 0 radical (unpaired) electrons. The second-order valence-electron chi connectivity index (χ2n) is 21.7. The summed E-state index contributed by atoms with van der Waals surface area (Å²) in [6, 6.07) is 46.5. The van der Waals surface area contributed by atoms with Crippen LogP contribution in [0.5, 0.6) is 0 Å². The predicted octanol–water partition coefficient (Wildman–Crippen LogP) is 11.7. The molecule has 22 heteroatoms. The molecule has 0 saturated carbocycles. The van der Waals surface area contributed by atoms with Gasteiger partial charge in [-0.2, -0.15) is 4.65 Å². The Bertz CT molecular complexity index is 3340. The van der Waals surface area contributed by atoms with Crippen molar-refractivity contribution in [3.8, 4) is 0 Å². The van der Waals surface area contributed by atoms with Gasteiger partial charge in [-0.25, -0.2) is 37.9 Å². The van der Waals surface area contributed by atoms with Gasteiger partial charge >= 0.3 is 43.6 Å². The molecule has 0 aromatic heterocycles. The summed E-state index contributed by atoms with van der Waals surface area (Å²) in [4.78, 5) is 87.0. The van der Waals surface area contributed by atoms with Crippen LogP contribution >= 0.6 is 7.82 Å². The minimum Gasteiger partial charge on any atom is -0.459 e.